The maximum Gasteiger partial charge on any atom is 0.261 e. The predicted octanol–water partition coefficient (Wildman–Crippen LogP) is 2.78. The quantitative estimate of drug-likeness (QED) is 0.802. The summed E-state index contributed by atoms with van der Waals surface area (Å²) in [5.74, 6) is 0.482. The average Bonchev–Trinajstić information content (AvgIpc) is 2.97. The topological polar surface area (TPSA) is 46.6 Å². The van der Waals surface area contributed by atoms with Gasteiger partial charge >= 0.3 is 0 Å². The van der Waals surface area contributed by atoms with E-state index in [0.717, 1.165) is 17.7 Å². The standard InChI is InChI=1S/C19H15NO3/c1-18-10-19(18,14-8-4-5-9-15(14)23-18)11-20-16(21)12-6-2-3-7-13(12)17(20)22/h2-9H,10-11H2,1H3. The highest BCUT2D eigenvalue weighted by molar-refractivity contribution is 6.21. The van der Waals surface area contributed by atoms with Gasteiger partial charge in [0.15, 0.2) is 0 Å². The SMILES string of the molecule is CC12CC1(CN1C(=O)c3ccccc3C1=O)c1ccccc1O2. The molecule has 5 rings (SSSR count). The zero-order valence-electron chi connectivity index (χ0n) is 12.7. The summed E-state index contributed by atoms with van der Waals surface area (Å²) in [6.07, 6.45) is 0.838. The molecule has 0 radical (unpaired) electrons. The molecule has 0 spiro atoms. The molecule has 4 heteroatoms. The molecule has 2 heterocycles. The molecule has 0 N–H and O–H groups in total. The van der Waals surface area contributed by atoms with Gasteiger partial charge in [0.25, 0.3) is 11.8 Å². The largest absolute Gasteiger partial charge is 0.486 e. The van der Waals surface area contributed by atoms with Crippen molar-refractivity contribution in [1.82, 2.24) is 4.90 Å². The van der Waals surface area contributed by atoms with Crippen molar-refractivity contribution in [2.24, 2.45) is 0 Å². The summed E-state index contributed by atoms with van der Waals surface area (Å²) in [5, 5.41) is 0. The molecular weight excluding hydrogens is 290 g/mol. The summed E-state index contributed by atoms with van der Waals surface area (Å²) in [7, 11) is 0. The number of ether oxygens (including phenoxy) is 1. The van der Waals surface area contributed by atoms with Gasteiger partial charge < -0.3 is 4.74 Å². The van der Waals surface area contributed by atoms with Crippen LogP contribution in [0, 0.1) is 0 Å². The van der Waals surface area contributed by atoms with Crippen LogP contribution in [0.3, 0.4) is 0 Å². The third-order valence-electron chi connectivity index (χ3n) is 5.57. The third kappa shape index (κ3) is 1.41. The summed E-state index contributed by atoms with van der Waals surface area (Å²) in [6, 6.07) is 15.0. The van der Waals surface area contributed by atoms with Gasteiger partial charge in [-0.05, 0) is 25.1 Å². The predicted molar refractivity (Wildman–Crippen MR) is 83.6 cm³/mol. The number of carbonyl (C=O) groups excluding carboxylic acids is 2. The number of carbonyl (C=O) groups is 2. The van der Waals surface area contributed by atoms with Gasteiger partial charge in [-0.25, -0.2) is 0 Å². The molecule has 23 heavy (non-hydrogen) atoms. The normalized spacial score (nSPS) is 29.9. The van der Waals surface area contributed by atoms with Crippen LogP contribution in [0.1, 0.15) is 39.6 Å². The van der Waals surface area contributed by atoms with E-state index >= 15 is 0 Å². The molecule has 3 aliphatic rings. The number of para-hydroxylation sites is 1. The average molecular weight is 305 g/mol. The van der Waals surface area contributed by atoms with Gasteiger partial charge in [-0.2, -0.15) is 0 Å². The van der Waals surface area contributed by atoms with E-state index in [0.29, 0.717) is 17.7 Å². The Balaban J connectivity index is 1.55. The maximum atomic E-state index is 12.6. The first-order chi connectivity index (χ1) is 11.1. The smallest absolute Gasteiger partial charge is 0.261 e. The monoisotopic (exact) mass is 305 g/mol. The molecule has 0 bridgehead atoms. The van der Waals surface area contributed by atoms with Crippen molar-refractivity contribution in [3.63, 3.8) is 0 Å². The van der Waals surface area contributed by atoms with Crippen molar-refractivity contribution < 1.29 is 14.3 Å². The lowest BCUT2D eigenvalue weighted by Crippen LogP contribution is -2.39. The molecule has 1 aliphatic carbocycles. The molecule has 2 aromatic carbocycles. The van der Waals surface area contributed by atoms with Crippen LogP contribution in [0.25, 0.3) is 0 Å². The van der Waals surface area contributed by atoms with E-state index in [9.17, 15) is 9.59 Å². The van der Waals surface area contributed by atoms with E-state index in [1.165, 1.54) is 4.90 Å². The molecule has 2 amide bonds. The van der Waals surface area contributed by atoms with Crippen LogP contribution in [0.15, 0.2) is 48.5 Å². The van der Waals surface area contributed by atoms with Crippen molar-refractivity contribution in [2.75, 3.05) is 6.54 Å². The minimum absolute atomic E-state index is 0.196. The Morgan fingerprint density at radius 2 is 1.61 bits per heavy atom. The highest BCUT2D eigenvalue weighted by Gasteiger charge is 2.73. The fourth-order valence-electron chi connectivity index (χ4n) is 4.20. The highest BCUT2D eigenvalue weighted by Crippen LogP contribution is 2.67. The zero-order chi connectivity index (χ0) is 15.8. The van der Waals surface area contributed by atoms with Crippen molar-refractivity contribution in [3.05, 3.63) is 65.2 Å². The van der Waals surface area contributed by atoms with E-state index in [2.05, 4.69) is 6.92 Å². The first-order valence-electron chi connectivity index (χ1n) is 7.80. The fraction of sp³-hybridized carbons (Fsp3) is 0.263. The second-order valence-electron chi connectivity index (χ2n) is 6.83. The number of benzene rings is 2. The summed E-state index contributed by atoms with van der Waals surface area (Å²) in [4.78, 5) is 26.7. The Bertz CT molecular complexity index is 855. The molecule has 0 aromatic heterocycles. The van der Waals surface area contributed by atoms with Gasteiger partial charge in [0, 0.05) is 18.5 Å². The van der Waals surface area contributed by atoms with Crippen LogP contribution < -0.4 is 4.74 Å². The first-order valence-corrected chi connectivity index (χ1v) is 7.80. The first kappa shape index (κ1) is 12.9. The molecule has 2 unspecified atom stereocenters. The van der Waals surface area contributed by atoms with Crippen molar-refractivity contribution in [3.8, 4) is 5.75 Å². The van der Waals surface area contributed by atoms with Crippen LogP contribution in [-0.4, -0.2) is 28.9 Å². The second-order valence-corrected chi connectivity index (χ2v) is 6.83. The van der Waals surface area contributed by atoms with Gasteiger partial charge in [-0.15, -0.1) is 0 Å². The van der Waals surface area contributed by atoms with Gasteiger partial charge in [-0.1, -0.05) is 30.3 Å². The van der Waals surface area contributed by atoms with E-state index in [1.54, 1.807) is 24.3 Å². The lowest BCUT2D eigenvalue weighted by molar-refractivity contribution is 0.0627. The Morgan fingerprint density at radius 3 is 2.30 bits per heavy atom. The van der Waals surface area contributed by atoms with Crippen molar-refractivity contribution in [2.45, 2.75) is 24.4 Å². The zero-order valence-corrected chi connectivity index (χ0v) is 12.7. The summed E-state index contributed by atoms with van der Waals surface area (Å²) >= 11 is 0. The lowest BCUT2D eigenvalue weighted by Gasteiger charge is -2.21. The number of fused-ring (bicyclic) bond motifs is 4. The number of rotatable bonds is 2. The van der Waals surface area contributed by atoms with Crippen LogP contribution in [0.5, 0.6) is 5.75 Å². The Hall–Kier alpha value is -2.62. The summed E-state index contributed by atoms with van der Waals surface area (Å²) < 4.78 is 6.08. The van der Waals surface area contributed by atoms with Crippen LogP contribution in [-0.2, 0) is 5.41 Å². The van der Waals surface area contributed by atoms with Crippen LogP contribution in [0.2, 0.25) is 0 Å². The number of hydrogen-bond acceptors (Lipinski definition) is 3. The molecule has 114 valence electrons. The molecule has 2 aliphatic heterocycles. The Morgan fingerprint density at radius 1 is 1.00 bits per heavy atom. The van der Waals surface area contributed by atoms with Gasteiger partial charge in [0.1, 0.15) is 11.4 Å². The van der Waals surface area contributed by atoms with Gasteiger partial charge in [-0.3, -0.25) is 14.5 Å². The lowest BCUT2D eigenvalue weighted by atomic mass is 9.93. The molecule has 2 aromatic rings. The number of imide groups is 1. The summed E-state index contributed by atoms with van der Waals surface area (Å²) in [5.41, 5.74) is 1.54. The molecule has 1 saturated carbocycles. The highest BCUT2D eigenvalue weighted by atomic mass is 16.5. The molecule has 1 fully saturated rings. The molecular formula is C19H15NO3. The van der Waals surface area contributed by atoms with Crippen molar-refractivity contribution >= 4 is 11.8 Å². The number of nitrogens with zero attached hydrogens (tertiary/aromatic N) is 1. The van der Waals surface area contributed by atoms with E-state index in [1.807, 2.05) is 24.3 Å². The number of amides is 2. The van der Waals surface area contributed by atoms with Crippen molar-refractivity contribution in [1.29, 1.82) is 0 Å². The maximum absolute atomic E-state index is 12.6. The van der Waals surface area contributed by atoms with E-state index in [-0.39, 0.29) is 22.8 Å². The minimum Gasteiger partial charge on any atom is -0.486 e. The van der Waals surface area contributed by atoms with E-state index in [4.69, 9.17) is 4.74 Å². The molecule has 0 saturated heterocycles. The van der Waals surface area contributed by atoms with Gasteiger partial charge in [0.05, 0.1) is 16.5 Å². The van der Waals surface area contributed by atoms with Crippen LogP contribution in [0.4, 0.5) is 0 Å². The Kier molecular flexibility index (Phi) is 2.14. The molecule has 4 nitrogen and oxygen atoms in total. The fourth-order valence-corrected chi connectivity index (χ4v) is 4.20. The minimum atomic E-state index is -0.313. The van der Waals surface area contributed by atoms with E-state index < -0.39 is 0 Å². The Labute approximate surface area is 133 Å². The summed E-state index contributed by atoms with van der Waals surface area (Å²) in [6.45, 7) is 2.44. The third-order valence-corrected chi connectivity index (χ3v) is 5.57. The second kappa shape index (κ2) is 3.82. The molecule has 2 atom stereocenters. The van der Waals surface area contributed by atoms with Crippen LogP contribution >= 0.6 is 0 Å². The number of hydrogen-bond donors (Lipinski definition) is 0. The van der Waals surface area contributed by atoms with Gasteiger partial charge in [0.2, 0.25) is 0 Å².